The molecule has 2 heterocycles. The van der Waals surface area contributed by atoms with Crippen molar-refractivity contribution < 1.29 is 9.90 Å². The summed E-state index contributed by atoms with van der Waals surface area (Å²) in [6.07, 6.45) is 4.62. The van der Waals surface area contributed by atoms with Gasteiger partial charge in [0.15, 0.2) is 0 Å². The molecule has 0 radical (unpaired) electrons. The maximum Gasteiger partial charge on any atom is 0.326 e. The Kier molecular flexibility index (Phi) is 4.35. The normalized spacial score (nSPS) is 19.5. The second-order valence-electron chi connectivity index (χ2n) is 5.06. The van der Waals surface area contributed by atoms with Gasteiger partial charge in [-0.2, -0.15) is 0 Å². The van der Waals surface area contributed by atoms with Crippen molar-refractivity contribution in [3.05, 3.63) is 17.6 Å². The number of hydrogen-bond donors (Lipinski definition) is 1. The van der Waals surface area contributed by atoms with E-state index in [0.29, 0.717) is 6.42 Å². The molecule has 19 heavy (non-hydrogen) atoms. The van der Waals surface area contributed by atoms with E-state index in [0.717, 1.165) is 49.6 Å². The number of aliphatic carboxylic acids is 1. The highest BCUT2D eigenvalue weighted by atomic mass is 16.4. The summed E-state index contributed by atoms with van der Waals surface area (Å²) in [5.74, 6) is 0.728. The largest absolute Gasteiger partial charge is 0.480 e. The summed E-state index contributed by atoms with van der Waals surface area (Å²) >= 11 is 0. The first kappa shape index (κ1) is 13.8. The molecule has 1 atom stereocenters. The van der Waals surface area contributed by atoms with Crippen LogP contribution in [-0.4, -0.2) is 33.6 Å². The van der Waals surface area contributed by atoms with E-state index >= 15 is 0 Å². The first-order valence-corrected chi connectivity index (χ1v) is 6.96. The highest BCUT2D eigenvalue weighted by Crippen LogP contribution is 2.24. The van der Waals surface area contributed by atoms with Crippen LogP contribution in [0, 0.1) is 6.92 Å². The van der Waals surface area contributed by atoms with Crippen molar-refractivity contribution in [3.8, 4) is 0 Å². The number of carboxylic acids is 1. The van der Waals surface area contributed by atoms with Crippen LogP contribution in [0.3, 0.4) is 0 Å². The summed E-state index contributed by atoms with van der Waals surface area (Å²) in [6.45, 7) is 4.74. The lowest BCUT2D eigenvalue weighted by Crippen LogP contribution is -2.45. The van der Waals surface area contributed by atoms with E-state index in [1.807, 2.05) is 17.9 Å². The zero-order chi connectivity index (χ0) is 13.8. The lowest BCUT2D eigenvalue weighted by molar-refractivity contribution is -0.139. The number of nitrogens with zero attached hydrogens (tertiary/aromatic N) is 3. The Bertz CT molecular complexity index is 462. The van der Waals surface area contributed by atoms with Crippen LogP contribution in [0.25, 0.3) is 0 Å². The third-order valence-corrected chi connectivity index (χ3v) is 3.47. The molecule has 0 saturated carbocycles. The lowest BCUT2D eigenvalue weighted by Gasteiger charge is -2.34. The molecule has 104 valence electrons. The average molecular weight is 263 g/mol. The number of aryl methyl sites for hydroxylation is 2. The molecule has 1 unspecified atom stereocenters. The van der Waals surface area contributed by atoms with E-state index in [4.69, 9.17) is 0 Å². The fourth-order valence-electron chi connectivity index (χ4n) is 2.61. The fraction of sp³-hybridized carbons (Fsp3) is 0.643. The highest BCUT2D eigenvalue weighted by molar-refractivity contribution is 5.78. The molecule has 0 aromatic carbocycles. The maximum atomic E-state index is 11.3. The maximum absolute atomic E-state index is 11.3. The number of rotatable bonds is 4. The van der Waals surface area contributed by atoms with Crippen LogP contribution >= 0.6 is 0 Å². The van der Waals surface area contributed by atoms with Gasteiger partial charge in [0.25, 0.3) is 0 Å². The van der Waals surface area contributed by atoms with Crippen LogP contribution in [-0.2, 0) is 11.2 Å². The molecule has 0 aliphatic carbocycles. The number of hydrogen-bond acceptors (Lipinski definition) is 4. The minimum atomic E-state index is -0.756. The van der Waals surface area contributed by atoms with Crippen LogP contribution < -0.4 is 4.90 Å². The minimum Gasteiger partial charge on any atom is -0.480 e. The summed E-state index contributed by atoms with van der Waals surface area (Å²) in [5, 5.41) is 9.33. The van der Waals surface area contributed by atoms with Gasteiger partial charge in [0.2, 0.25) is 0 Å². The first-order chi connectivity index (χ1) is 9.11. The summed E-state index contributed by atoms with van der Waals surface area (Å²) in [4.78, 5) is 22.1. The van der Waals surface area contributed by atoms with Crippen molar-refractivity contribution in [1.82, 2.24) is 9.97 Å². The van der Waals surface area contributed by atoms with Gasteiger partial charge in [0.1, 0.15) is 17.7 Å². The standard InChI is InChI=1S/C14H21N3O2/c1-3-6-11-9-13(16-10(2)15-11)17-8-5-4-7-12(17)14(18)19/h9,12H,3-8H2,1-2H3,(H,18,19). The molecule has 1 N–H and O–H groups in total. The van der Waals surface area contributed by atoms with Gasteiger partial charge in [-0.05, 0) is 32.6 Å². The first-order valence-electron chi connectivity index (χ1n) is 6.96. The number of aromatic nitrogens is 2. The predicted octanol–water partition coefficient (Wildman–Crippen LogP) is 2.18. The molecule has 0 bridgehead atoms. The van der Waals surface area contributed by atoms with Gasteiger partial charge in [-0.1, -0.05) is 13.3 Å². The molecule has 1 aliphatic heterocycles. The Morgan fingerprint density at radius 1 is 1.47 bits per heavy atom. The van der Waals surface area contributed by atoms with Crippen LogP contribution in [0.15, 0.2) is 6.07 Å². The summed E-state index contributed by atoms with van der Waals surface area (Å²) in [7, 11) is 0. The Hall–Kier alpha value is -1.65. The average Bonchev–Trinajstić information content (AvgIpc) is 2.38. The smallest absolute Gasteiger partial charge is 0.326 e. The molecule has 1 fully saturated rings. The molecule has 5 nitrogen and oxygen atoms in total. The third-order valence-electron chi connectivity index (χ3n) is 3.47. The number of carboxylic acid groups (broad SMARTS) is 1. The zero-order valence-corrected chi connectivity index (χ0v) is 11.6. The van der Waals surface area contributed by atoms with Gasteiger partial charge >= 0.3 is 5.97 Å². The van der Waals surface area contributed by atoms with Gasteiger partial charge < -0.3 is 10.0 Å². The summed E-state index contributed by atoms with van der Waals surface area (Å²) in [5.41, 5.74) is 1.000. The second-order valence-corrected chi connectivity index (χ2v) is 5.06. The molecule has 0 amide bonds. The Morgan fingerprint density at radius 3 is 2.95 bits per heavy atom. The van der Waals surface area contributed by atoms with Gasteiger partial charge in [-0.3, -0.25) is 0 Å². The van der Waals surface area contributed by atoms with Gasteiger partial charge in [-0.15, -0.1) is 0 Å². The Morgan fingerprint density at radius 2 is 2.26 bits per heavy atom. The van der Waals surface area contributed by atoms with E-state index in [1.165, 1.54) is 0 Å². The molecule has 1 aromatic heterocycles. The van der Waals surface area contributed by atoms with Crippen LogP contribution in [0.4, 0.5) is 5.82 Å². The van der Waals surface area contributed by atoms with Crippen molar-refractivity contribution in [3.63, 3.8) is 0 Å². The summed E-state index contributed by atoms with van der Waals surface area (Å²) < 4.78 is 0. The SMILES string of the molecule is CCCc1cc(N2CCCCC2C(=O)O)nc(C)n1. The lowest BCUT2D eigenvalue weighted by atomic mass is 10.0. The van der Waals surface area contributed by atoms with Gasteiger partial charge in [0, 0.05) is 18.3 Å². The molecule has 5 heteroatoms. The topological polar surface area (TPSA) is 66.3 Å². The second kappa shape index (κ2) is 5.99. The van der Waals surface area contributed by atoms with Crippen molar-refractivity contribution in [1.29, 1.82) is 0 Å². The van der Waals surface area contributed by atoms with Crippen LogP contribution in [0.2, 0.25) is 0 Å². The third kappa shape index (κ3) is 3.22. The van der Waals surface area contributed by atoms with Crippen LogP contribution in [0.1, 0.15) is 44.1 Å². The van der Waals surface area contributed by atoms with Crippen LogP contribution in [0.5, 0.6) is 0 Å². The molecule has 1 aliphatic rings. The predicted molar refractivity (Wildman–Crippen MR) is 73.4 cm³/mol. The van der Waals surface area contributed by atoms with E-state index in [1.54, 1.807) is 0 Å². The van der Waals surface area contributed by atoms with Crippen molar-refractivity contribution in [2.45, 2.75) is 52.0 Å². The highest BCUT2D eigenvalue weighted by Gasteiger charge is 2.29. The Labute approximate surface area is 113 Å². The van der Waals surface area contributed by atoms with Crippen molar-refractivity contribution >= 4 is 11.8 Å². The summed E-state index contributed by atoms with van der Waals surface area (Å²) in [6, 6.07) is 1.50. The molecular weight excluding hydrogens is 242 g/mol. The molecule has 1 saturated heterocycles. The Balaban J connectivity index is 2.30. The zero-order valence-electron chi connectivity index (χ0n) is 11.6. The van der Waals surface area contributed by atoms with Gasteiger partial charge in [-0.25, -0.2) is 14.8 Å². The van der Waals surface area contributed by atoms with Gasteiger partial charge in [0.05, 0.1) is 0 Å². The van der Waals surface area contributed by atoms with E-state index in [-0.39, 0.29) is 0 Å². The quantitative estimate of drug-likeness (QED) is 0.902. The number of carbonyl (C=O) groups is 1. The van der Waals surface area contributed by atoms with E-state index in [2.05, 4.69) is 16.9 Å². The fourth-order valence-corrected chi connectivity index (χ4v) is 2.61. The molecular formula is C14H21N3O2. The van der Waals surface area contributed by atoms with E-state index in [9.17, 15) is 9.90 Å². The van der Waals surface area contributed by atoms with Crippen molar-refractivity contribution in [2.24, 2.45) is 0 Å². The minimum absolute atomic E-state index is 0.447. The molecule has 2 rings (SSSR count). The number of piperidine rings is 1. The molecule has 1 aromatic rings. The number of anilines is 1. The molecule has 0 spiro atoms. The monoisotopic (exact) mass is 263 g/mol. The van der Waals surface area contributed by atoms with E-state index < -0.39 is 12.0 Å². The van der Waals surface area contributed by atoms with Crippen molar-refractivity contribution in [2.75, 3.05) is 11.4 Å².